The molecule has 11 amide bonds. The van der Waals surface area contributed by atoms with Crippen LogP contribution in [0, 0.1) is 17.8 Å². The van der Waals surface area contributed by atoms with Crippen LogP contribution in [0.25, 0.3) is 0 Å². The van der Waals surface area contributed by atoms with E-state index in [0.29, 0.717) is 22.6 Å². The number of nitrogens with zero attached hydrogens (tertiary/aromatic N) is 6. The second-order valence-electron chi connectivity index (χ2n) is 24.4. The summed E-state index contributed by atoms with van der Waals surface area (Å²) in [5.74, 6) is -8.75. The Kier molecular flexibility index (Phi) is 27.7. The standard InChI is InChI=1S/C61H91ClF3N11O11/c1-17-37(6)52-58(86)73(13)33-50(79)71(11)34-51(80)76(16)47(31-41-20-25-43(62)26-21-41)57(85)72(12)32-48(77)66-44(27-22-40-18-23-42(24-19-40)61(63,64)65)54(82)67-45(28-35(2)3)55(83)70-60(9,10)59(87)68-46(29-36(4)5)56(84)74(14)38(7)30-49(78)75(15)39(8)53(81)69-52/h18-21,23-26,35-39,44-47,52H,17,22,27-34H2,1-16H3,(H,66,77)(H,67,82)(H,68,87)(H,69,81)(H,70,83)/t37-,38+,39-,44-,45-,46-,47-,52-/m0/s1. The van der Waals surface area contributed by atoms with E-state index in [2.05, 4.69) is 26.6 Å². The van der Waals surface area contributed by atoms with E-state index in [9.17, 15) is 65.9 Å². The molecule has 1 aliphatic rings. The average Bonchev–Trinajstić information content (AvgIpc) is 3.66. The molecule has 0 radical (unpaired) electrons. The first-order valence-corrected chi connectivity index (χ1v) is 29.6. The van der Waals surface area contributed by atoms with Gasteiger partial charge in [0.1, 0.15) is 41.8 Å². The molecule has 87 heavy (non-hydrogen) atoms. The number of hydrogen-bond donors (Lipinski definition) is 5. The van der Waals surface area contributed by atoms with Crippen LogP contribution < -0.4 is 26.6 Å². The molecular formula is C61H91ClF3N11O11. The highest BCUT2D eigenvalue weighted by atomic mass is 35.5. The number of nitrogens with one attached hydrogen (secondary N) is 5. The molecule has 22 nitrogen and oxygen atoms in total. The molecule has 1 heterocycles. The molecule has 1 saturated heterocycles. The van der Waals surface area contributed by atoms with Crippen LogP contribution in [-0.4, -0.2) is 204 Å². The summed E-state index contributed by atoms with van der Waals surface area (Å²) in [5, 5.41) is 13.9. The lowest BCUT2D eigenvalue weighted by atomic mass is 9.97. The van der Waals surface area contributed by atoms with E-state index in [1.807, 2.05) is 13.8 Å². The van der Waals surface area contributed by atoms with Gasteiger partial charge in [0.15, 0.2) is 0 Å². The fourth-order valence-electron chi connectivity index (χ4n) is 9.48. The quantitative estimate of drug-likeness (QED) is 0.216. The summed E-state index contributed by atoms with van der Waals surface area (Å²) in [7, 11) is 8.18. The Morgan fingerprint density at radius 1 is 0.586 bits per heavy atom. The summed E-state index contributed by atoms with van der Waals surface area (Å²) in [6, 6.07) is 2.30. The van der Waals surface area contributed by atoms with Gasteiger partial charge in [-0.3, -0.25) is 52.7 Å². The van der Waals surface area contributed by atoms with Crippen molar-refractivity contribution in [1.29, 1.82) is 0 Å². The van der Waals surface area contributed by atoms with Gasteiger partial charge in [0.2, 0.25) is 65.0 Å². The molecule has 0 saturated carbocycles. The molecule has 8 atom stereocenters. The predicted molar refractivity (Wildman–Crippen MR) is 322 cm³/mol. The van der Waals surface area contributed by atoms with Crippen molar-refractivity contribution in [3.63, 3.8) is 0 Å². The molecule has 2 aromatic rings. The van der Waals surface area contributed by atoms with Crippen LogP contribution in [0.4, 0.5) is 13.2 Å². The van der Waals surface area contributed by atoms with E-state index in [4.69, 9.17) is 11.6 Å². The van der Waals surface area contributed by atoms with Gasteiger partial charge in [0.05, 0.1) is 25.2 Å². The molecule has 1 fully saturated rings. The van der Waals surface area contributed by atoms with Crippen LogP contribution in [-0.2, 0) is 71.8 Å². The second-order valence-corrected chi connectivity index (χ2v) is 24.8. The number of rotatable bonds is 11. The van der Waals surface area contributed by atoms with Crippen molar-refractivity contribution in [3.05, 3.63) is 70.2 Å². The van der Waals surface area contributed by atoms with Gasteiger partial charge >= 0.3 is 6.18 Å². The van der Waals surface area contributed by atoms with Gasteiger partial charge in [-0.15, -0.1) is 0 Å². The molecule has 1 aliphatic heterocycles. The molecule has 26 heteroatoms. The molecule has 0 bridgehead atoms. The number of hydrogen-bond acceptors (Lipinski definition) is 11. The maximum absolute atomic E-state index is 14.6. The van der Waals surface area contributed by atoms with Crippen molar-refractivity contribution in [1.82, 2.24) is 56.0 Å². The predicted octanol–water partition coefficient (Wildman–Crippen LogP) is 3.81. The van der Waals surface area contributed by atoms with Gasteiger partial charge < -0.3 is 56.0 Å². The van der Waals surface area contributed by atoms with Crippen molar-refractivity contribution in [3.8, 4) is 0 Å². The van der Waals surface area contributed by atoms with Crippen LogP contribution in [0.5, 0.6) is 0 Å². The minimum Gasteiger partial charge on any atom is -0.343 e. The van der Waals surface area contributed by atoms with Gasteiger partial charge in [-0.1, -0.05) is 83.8 Å². The number of halogens is 4. The minimum absolute atomic E-state index is 0.0150. The van der Waals surface area contributed by atoms with E-state index in [0.717, 1.165) is 31.7 Å². The molecular weight excluding hydrogens is 1160 g/mol. The number of aryl methyl sites for hydroxylation is 1. The Bertz CT molecular complexity index is 2770. The summed E-state index contributed by atoms with van der Waals surface area (Å²) >= 11 is 6.17. The van der Waals surface area contributed by atoms with Gasteiger partial charge in [0.25, 0.3) is 0 Å². The van der Waals surface area contributed by atoms with E-state index < -0.39 is 150 Å². The smallest absolute Gasteiger partial charge is 0.343 e. The molecule has 2 aromatic carbocycles. The molecule has 0 aliphatic carbocycles. The first kappa shape index (κ1) is 73.9. The number of likely N-dealkylation sites (N-methyl/N-ethyl adjacent to an activating group) is 6. The Morgan fingerprint density at radius 2 is 1.13 bits per heavy atom. The Hall–Kier alpha value is -7.31. The zero-order valence-corrected chi connectivity index (χ0v) is 53.9. The van der Waals surface area contributed by atoms with Crippen molar-refractivity contribution in [2.45, 2.75) is 168 Å². The Balaban J connectivity index is 2.16. The van der Waals surface area contributed by atoms with Crippen LogP contribution in [0.3, 0.4) is 0 Å². The van der Waals surface area contributed by atoms with Crippen molar-refractivity contribution < 1.29 is 65.9 Å². The molecule has 5 N–H and O–H groups in total. The van der Waals surface area contributed by atoms with Gasteiger partial charge in [-0.25, -0.2) is 0 Å². The van der Waals surface area contributed by atoms with Gasteiger partial charge in [-0.2, -0.15) is 13.2 Å². The monoisotopic (exact) mass is 1250 g/mol. The highest BCUT2D eigenvalue weighted by Crippen LogP contribution is 2.29. The number of carbonyl (C=O) groups is 11. The topological polar surface area (TPSA) is 267 Å². The third kappa shape index (κ3) is 22.1. The SMILES string of the molecule is CC[C@H](C)[C@@H]1NC(=O)[C@H](C)N(C)C(=O)C[C@@H](C)N(C)C(=O)[C@H](CC(C)C)NC(=O)C(C)(C)NC(=O)[C@H](CC(C)C)NC(=O)[C@H](CCc2ccc(C(F)(F)F)cc2)NC(=O)CN(C)C(=O)[C@H](Cc2ccc(Cl)cc2)N(C)C(=O)CN(C)C(=O)CN(C)C1=O. The molecule has 0 spiro atoms. The minimum atomic E-state index is -4.63. The van der Waals surface area contributed by atoms with E-state index in [-0.39, 0.29) is 50.4 Å². The Morgan fingerprint density at radius 3 is 1.68 bits per heavy atom. The maximum atomic E-state index is 14.6. The maximum Gasteiger partial charge on any atom is 0.416 e. The van der Waals surface area contributed by atoms with E-state index >= 15 is 0 Å². The highest BCUT2D eigenvalue weighted by molar-refractivity contribution is 6.30. The summed E-state index contributed by atoms with van der Waals surface area (Å²) < 4.78 is 40.6. The number of benzene rings is 2. The fraction of sp³-hybridized carbons (Fsp3) is 0.623. The van der Waals surface area contributed by atoms with Crippen molar-refractivity contribution in [2.75, 3.05) is 61.9 Å². The Labute approximate surface area is 514 Å². The summed E-state index contributed by atoms with van der Waals surface area (Å²) in [4.78, 5) is 163. The van der Waals surface area contributed by atoms with Crippen LogP contribution in [0.2, 0.25) is 5.02 Å². The fourth-order valence-corrected chi connectivity index (χ4v) is 9.61. The van der Waals surface area contributed by atoms with E-state index in [1.54, 1.807) is 58.9 Å². The largest absolute Gasteiger partial charge is 0.416 e. The lowest BCUT2D eigenvalue weighted by Crippen LogP contribution is -2.63. The lowest BCUT2D eigenvalue weighted by molar-refractivity contribution is -0.148. The number of alkyl halides is 3. The highest BCUT2D eigenvalue weighted by Gasteiger charge is 2.40. The third-order valence-electron chi connectivity index (χ3n) is 15.7. The normalized spacial score (nSPS) is 24.0. The second kappa shape index (κ2) is 32.6. The van der Waals surface area contributed by atoms with E-state index in [1.165, 1.54) is 85.0 Å². The van der Waals surface area contributed by atoms with Gasteiger partial charge in [-0.05, 0) is 107 Å². The zero-order chi connectivity index (χ0) is 66.2. The van der Waals surface area contributed by atoms with Gasteiger partial charge in [0, 0.05) is 66.2 Å². The first-order chi connectivity index (χ1) is 40.3. The number of carbonyl (C=O) groups excluding carboxylic acids is 11. The lowest BCUT2D eigenvalue weighted by Gasteiger charge is -2.34. The number of amides is 11. The first-order valence-electron chi connectivity index (χ1n) is 29.2. The summed E-state index contributed by atoms with van der Waals surface area (Å²) in [6.45, 7) is 14.8. The third-order valence-corrected chi connectivity index (χ3v) is 16.0. The zero-order valence-electron chi connectivity index (χ0n) is 53.1. The van der Waals surface area contributed by atoms with Crippen LogP contribution in [0.15, 0.2) is 48.5 Å². The molecule has 484 valence electrons. The molecule has 0 unspecified atom stereocenters. The summed E-state index contributed by atoms with van der Waals surface area (Å²) in [5.41, 5.74) is -1.72. The molecule has 0 aromatic heterocycles. The average molecular weight is 1250 g/mol. The van der Waals surface area contributed by atoms with Crippen LogP contribution >= 0.6 is 11.6 Å². The summed E-state index contributed by atoms with van der Waals surface area (Å²) in [6.07, 6.45) is -4.68. The van der Waals surface area contributed by atoms with Crippen molar-refractivity contribution >= 4 is 76.6 Å². The van der Waals surface area contributed by atoms with Crippen molar-refractivity contribution in [2.24, 2.45) is 17.8 Å². The van der Waals surface area contributed by atoms with Crippen LogP contribution in [0.1, 0.15) is 118 Å². The molecule has 3 rings (SSSR count).